The smallest absolute Gasteiger partial charge is 0.318 e. The molecule has 1 aromatic carbocycles. The molecule has 0 spiro atoms. The van der Waals surface area contributed by atoms with Crippen molar-refractivity contribution in [1.82, 2.24) is 14.8 Å². The third-order valence-corrected chi connectivity index (χ3v) is 2.28. The molecule has 0 aliphatic heterocycles. The number of aromatic amines is 1. The molecule has 90 valence electrons. The summed E-state index contributed by atoms with van der Waals surface area (Å²) in [6.07, 6.45) is 0. The molecule has 2 N–H and O–H groups in total. The van der Waals surface area contributed by atoms with Gasteiger partial charge >= 0.3 is 5.69 Å². The third kappa shape index (κ3) is 2.12. The summed E-state index contributed by atoms with van der Waals surface area (Å²) >= 11 is 0. The van der Waals surface area contributed by atoms with Gasteiger partial charge in [0.05, 0.1) is 11.3 Å². The van der Waals surface area contributed by atoms with Crippen LogP contribution in [0.1, 0.15) is 16.2 Å². The lowest BCUT2D eigenvalue weighted by atomic mass is 10.2. The summed E-state index contributed by atoms with van der Waals surface area (Å²) in [5.74, 6) is -0.675. The second-order valence-corrected chi connectivity index (χ2v) is 3.51. The van der Waals surface area contributed by atoms with E-state index in [0.717, 1.165) is 4.68 Å². The number of aryl methyl sites for hydroxylation is 1. The number of benzene rings is 1. The monoisotopic (exact) mass is 243 g/mol. The van der Waals surface area contributed by atoms with Gasteiger partial charge in [-0.05, 0) is 12.1 Å². The Morgan fingerprint density at radius 1 is 1.50 bits per heavy atom. The SMILES string of the molecule is Cn1nc(C(=O)Nc2ccccc2C#N)[nH]c1=O. The van der Waals surface area contributed by atoms with Crippen LogP contribution >= 0.6 is 0 Å². The summed E-state index contributed by atoms with van der Waals surface area (Å²) in [4.78, 5) is 25.2. The second kappa shape index (κ2) is 4.55. The third-order valence-electron chi connectivity index (χ3n) is 2.28. The van der Waals surface area contributed by atoms with Crippen molar-refractivity contribution < 1.29 is 4.79 Å². The fourth-order valence-corrected chi connectivity index (χ4v) is 1.38. The molecule has 7 heteroatoms. The molecule has 0 atom stereocenters. The van der Waals surface area contributed by atoms with E-state index in [-0.39, 0.29) is 5.82 Å². The minimum absolute atomic E-state index is 0.102. The number of nitriles is 1. The highest BCUT2D eigenvalue weighted by Gasteiger charge is 2.13. The highest BCUT2D eigenvalue weighted by molar-refractivity contribution is 6.02. The van der Waals surface area contributed by atoms with Crippen molar-refractivity contribution in [3.8, 4) is 6.07 Å². The van der Waals surface area contributed by atoms with Gasteiger partial charge in [0.15, 0.2) is 0 Å². The van der Waals surface area contributed by atoms with Crippen LogP contribution in [0.15, 0.2) is 29.1 Å². The van der Waals surface area contributed by atoms with Gasteiger partial charge in [0.2, 0.25) is 5.82 Å². The van der Waals surface area contributed by atoms with E-state index in [0.29, 0.717) is 11.3 Å². The molecule has 0 fully saturated rings. The minimum Gasteiger partial charge on any atom is -0.318 e. The Kier molecular flexibility index (Phi) is 2.93. The Labute approximate surface area is 102 Å². The van der Waals surface area contributed by atoms with E-state index < -0.39 is 11.6 Å². The number of amides is 1. The van der Waals surface area contributed by atoms with Gasteiger partial charge in [-0.1, -0.05) is 12.1 Å². The molecule has 0 aliphatic rings. The number of nitrogens with zero attached hydrogens (tertiary/aromatic N) is 3. The zero-order valence-electron chi connectivity index (χ0n) is 9.47. The lowest BCUT2D eigenvalue weighted by Crippen LogP contribution is -2.15. The van der Waals surface area contributed by atoms with E-state index in [1.54, 1.807) is 24.3 Å². The molecule has 0 saturated heterocycles. The van der Waals surface area contributed by atoms with E-state index in [2.05, 4.69) is 15.4 Å². The number of para-hydroxylation sites is 1. The normalized spacial score (nSPS) is 9.78. The van der Waals surface area contributed by atoms with Crippen molar-refractivity contribution in [1.29, 1.82) is 5.26 Å². The van der Waals surface area contributed by atoms with Gasteiger partial charge in [-0.3, -0.25) is 9.78 Å². The lowest BCUT2D eigenvalue weighted by Gasteiger charge is -2.03. The number of hydrogen-bond donors (Lipinski definition) is 2. The van der Waals surface area contributed by atoms with Gasteiger partial charge in [0.25, 0.3) is 5.91 Å². The zero-order chi connectivity index (χ0) is 13.1. The fraction of sp³-hybridized carbons (Fsp3) is 0.0909. The van der Waals surface area contributed by atoms with Crippen LogP contribution in [0.3, 0.4) is 0 Å². The van der Waals surface area contributed by atoms with Gasteiger partial charge < -0.3 is 5.32 Å². The van der Waals surface area contributed by atoms with E-state index >= 15 is 0 Å². The summed E-state index contributed by atoms with van der Waals surface area (Å²) in [5, 5.41) is 15.1. The first-order chi connectivity index (χ1) is 8.61. The van der Waals surface area contributed by atoms with E-state index in [4.69, 9.17) is 5.26 Å². The fourth-order valence-electron chi connectivity index (χ4n) is 1.38. The molecule has 0 bridgehead atoms. The van der Waals surface area contributed by atoms with Crippen molar-refractivity contribution >= 4 is 11.6 Å². The van der Waals surface area contributed by atoms with Crippen molar-refractivity contribution in [3.05, 3.63) is 46.1 Å². The van der Waals surface area contributed by atoms with Crippen LogP contribution in [-0.2, 0) is 7.05 Å². The Balaban J connectivity index is 2.27. The highest BCUT2D eigenvalue weighted by Crippen LogP contribution is 2.13. The van der Waals surface area contributed by atoms with Gasteiger partial charge in [0.1, 0.15) is 6.07 Å². The molecular formula is C11H9N5O2. The molecule has 0 aliphatic carbocycles. The number of H-pyrrole nitrogens is 1. The van der Waals surface area contributed by atoms with E-state index in [9.17, 15) is 9.59 Å². The van der Waals surface area contributed by atoms with Crippen LogP contribution in [0, 0.1) is 11.3 Å². The predicted molar refractivity (Wildman–Crippen MR) is 62.9 cm³/mol. The van der Waals surface area contributed by atoms with Crippen LogP contribution in [0.25, 0.3) is 0 Å². The molecule has 1 amide bonds. The first kappa shape index (κ1) is 11.6. The Morgan fingerprint density at radius 2 is 2.22 bits per heavy atom. The summed E-state index contributed by atoms with van der Waals surface area (Å²) in [6, 6.07) is 8.51. The van der Waals surface area contributed by atoms with E-state index in [1.807, 2.05) is 6.07 Å². The van der Waals surface area contributed by atoms with Gasteiger partial charge in [0, 0.05) is 7.05 Å². The molecule has 2 rings (SSSR count). The number of hydrogen-bond acceptors (Lipinski definition) is 4. The summed E-state index contributed by atoms with van der Waals surface area (Å²) < 4.78 is 1.02. The largest absolute Gasteiger partial charge is 0.343 e. The molecule has 2 aromatic rings. The number of anilines is 1. The summed E-state index contributed by atoms with van der Waals surface area (Å²) in [5.41, 5.74) is 0.231. The summed E-state index contributed by atoms with van der Waals surface area (Å²) in [6.45, 7) is 0. The average Bonchev–Trinajstić information content (AvgIpc) is 2.70. The molecular weight excluding hydrogens is 234 g/mol. The van der Waals surface area contributed by atoms with Gasteiger partial charge in [-0.25, -0.2) is 9.48 Å². The highest BCUT2D eigenvalue weighted by atomic mass is 16.2. The maximum absolute atomic E-state index is 11.8. The predicted octanol–water partition coefficient (Wildman–Crippen LogP) is 0.232. The minimum atomic E-state index is -0.574. The molecule has 1 heterocycles. The average molecular weight is 243 g/mol. The van der Waals surface area contributed by atoms with Crippen LogP contribution in [-0.4, -0.2) is 20.7 Å². The lowest BCUT2D eigenvalue weighted by molar-refractivity contribution is 0.101. The van der Waals surface area contributed by atoms with Crippen molar-refractivity contribution in [3.63, 3.8) is 0 Å². The zero-order valence-corrected chi connectivity index (χ0v) is 9.47. The molecule has 1 aromatic heterocycles. The molecule has 0 radical (unpaired) electrons. The molecule has 18 heavy (non-hydrogen) atoms. The van der Waals surface area contributed by atoms with Crippen molar-refractivity contribution in [2.75, 3.05) is 5.32 Å². The van der Waals surface area contributed by atoms with Crippen molar-refractivity contribution in [2.24, 2.45) is 7.05 Å². The maximum Gasteiger partial charge on any atom is 0.343 e. The number of carbonyl (C=O) groups is 1. The van der Waals surface area contributed by atoms with Crippen LogP contribution in [0.4, 0.5) is 5.69 Å². The molecule has 0 unspecified atom stereocenters. The van der Waals surface area contributed by atoms with Crippen LogP contribution in [0.2, 0.25) is 0 Å². The summed E-state index contributed by atoms with van der Waals surface area (Å²) in [7, 11) is 1.43. The number of aromatic nitrogens is 3. The second-order valence-electron chi connectivity index (χ2n) is 3.51. The van der Waals surface area contributed by atoms with E-state index in [1.165, 1.54) is 7.05 Å². The topological polar surface area (TPSA) is 104 Å². The molecule has 7 nitrogen and oxygen atoms in total. The number of rotatable bonds is 2. The standard InChI is InChI=1S/C11H9N5O2/c1-16-11(18)14-9(15-16)10(17)13-8-5-3-2-4-7(8)6-12/h2-5H,1H3,(H,13,17)(H,14,15,18). The van der Waals surface area contributed by atoms with Gasteiger partial charge in [-0.15, -0.1) is 5.10 Å². The van der Waals surface area contributed by atoms with Gasteiger partial charge in [-0.2, -0.15) is 5.26 Å². The Hall–Kier alpha value is -2.88. The van der Waals surface area contributed by atoms with Crippen LogP contribution in [0.5, 0.6) is 0 Å². The number of carbonyl (C=O) groups excluding carboxylic acids is 1. The first-order valence-electron chi connectivity index (χ1n) is 5.05. The molecule has 0 saturated carbocycles. The Bertz CT molecular complexity index is 692. The Morgan fingerprint density at radius 3 is 2.83 bits per heavy atom. The van der Waals surface area contributed by atoms with Crippen LogP contribution < -0.4 is 11.0 Å². The number of nitrogens with one attached hydrogen (secondary N) is 2. The first-order valence-corrected chi connectivity index (χ1v) is 5.05. The maximum atomic E-state index is 11.8. The quantitative estimate of drug-likeness (QED) is 0.787. The van der Waals surface area contributed by atoms with Crippen molar-refractivity contribution in [2.45, 2.75) is 0 Å².